The van der Waals surface area contributed by atoms with Gasteiger partial charge in [-0.15, -0.1) is 6.58 Å². The number of hydrogen-bond acceptors (Lipinski definition) is 1. The molecule has 2 heteroatoms. The van der Waals surface area contributed by atoms with Crippen LogP contribution in [-0.4, -0.2) is 4.21 Å². The molecule has 20 heavy (non-hydrogen) atoms. The first-order valence-corrected chi connectivity index (χ1v) is 8.59. The van der Waals surface area contributed by atoms with Crippen molar-refractivity contribution < 1.29 is 4.21 Å². The molecule has 1 unspecified atom stereocenters. The third-order valence-electron chi connectivity index (χ3n) is 3.44. The summed E-state index contributed by atoms with van der Waals surface area (Å²) in [5.74, 6) is 0. The Morgan fingerprint density at radius 3 is 2.40 bits per heavy atom. The predicted octanol–water partition coefficient (Wildman–Crippen LogP) is 5.53. The highest BCUT2D eigenvalue weighted by Crippen LogP contribution is 2.26. The molecule has 0 fully saturated rings. The summed E-state index contributed by atoms with van der Waals surface area (Å²) in [6.07, 6.45) is 6.93. The number of aryl methyl sites for hydroxylation is 1. The standard InChI is InChI=1S/C18H26OS/c1-5-8-10-16(7-3)18(9-6-2)20(19)17-13-11-15(4)12-14-17/h6,11-14H,2,5,7-10H2,1,3-4H3/b18-16+. The number of rotatable bonds is 8. The Morgan fingerprint density at radius 1 is 1.25 bits per heavy atom. The molecule has 0 amide bonds. The molecule has 0 heterocycles. The Bertz CT molecular complexity index is 483. The van der Waals surface area contributed by atoms with Crippen LogP contribution in [-0.2, 0) is 10.8 Å². The van der Waals surface area contributed by atoms with Gasteiger partial charge in [-0.1, -0.05) is 49.6 Å². The first-order valence-electron chi connectivity index (χ1n) is 7.44. The number of benzene rings is 1. The van der Waals surface area contributed by atoms with E-state index < -0.39 is 10.8 Å². The van der Waals surface area contributed by atoms with E-state index in [2.05, 4.69) is 20.4 Å². The summed E-state index contributed by atoms with van der Waals surface area (Å²) in [7, 11) is -1.05. The zero-order valence-electron chi connectivity index (χ0n) is 12.9. The maximum Gasteiger partial charge on any atom is 0.0811 e. The van der Waals surface area contributed by atoms with E-state index in [9.17, 15) is 4.21 Å². The smallest absolute Gasteiger partial charge is 0.0811 e. The van der Waals surface area contributed by atoms with E-state index >= 15 is 0 Å². The summed E-state index contributed by atoms with van der Waals surface area (Å²) in [5, 5.41) is 0. The van der Waals surface area contributed by atoms with Crippen molar-refractivity contribution in [2.24, 2.45) is 0 Å². The van der Waals surface area contributed by atoms with Crippen LogP contribution in [0.25, 0.3) is 0 Å². The summed E-state index contributed by atoms with van der Waals surface area (Å²) in [5.41, 5.74) is 2.53. The van der Waals surface area contributed by atoms with Crippen LogP contribution >= 0.6 is 0 Å². The largest absolute Gasteiger partial charge is 0.249 e. The molecule has 0 radical (unpaired) electrons. The van der Waals surface area contributed by atoms with Crippen LogP contribution in [0.15, 0.2) is 52.3 Å². The van der Waals surface area contributed by atoms with Gasteiger partial charge in [0.05, 0.1) is 10.8 Å². The van der Waals surface area contributed by atoms with Crippen molar-refractivity contribution >= 4 is 10.8 Å². The van der Waals surface area contributed by atoms with Crippen LogP contribution < -0.4 is 0 Å². The second-order valence-electron chi connectivity index (χ2n) is 5.06. The van der Waals surface area contributed by atoms with Crippen LogP contribution in [0.2, 0.25) is 0 Å². The van der Waals surface area contributed by atoms with E-state index in [0.29, 0.717) is 6.42 Å². The predicted molar refractivity (Wildman–Crippen MR) is 89.2 cm³/mol. The molecule has 1 aromatic carbocycles. The van der Waals surface area contributed by atoms with Gasteiger partial charge in [0.15, 0.2) is 0 Å². The zero-order chi connectivity index (χ0) is 15.0. The summed E-state index contributed by atoms with van der Waals surface area (Å²) in [6, 6.07) is 8.00. The molecular weight excluding hydrogens is 264 g/mol. The normalized spacial score (nSPS) is 13.8. The Hall–Kier alpha value is -1.15. The highest BCUT2D eigenvalue weighted by atomic mass is 32.2. The monoisotopic (exact) mass is 290 g/mol. The molecule has 0 aliphatic rings. The fraction of sp³-hybridized carbons (Fsp3) is 0.444. The molecule has 0 spiro atoms. The minimum Gasteiger partial charge on any atom is -0.249 e. The van der Waals surface area contributed by atoms with E-state index in [-0.39, 0.29) is 0 Å². The van der Waals surface area contributed by atoms with E-state index in [1.165, 1.54) is 17.6 Å². The summed E-state index contributed by atoms with van der Waals surface area (Å²) < 4.78 is 12.8. The maximum atomic E-state index is 12.8. The van der Waals surface area contributed by atoms with Crippen molar-refractivity contribution in [2.45, 2.75) is 57.8 Å². The minimum absolute atomic E-state index is 0.716. The highest BCUT2D eigenvalue weighted by molar-refractivity contribution is 7.89. The second-order valence-corrected chi connectivity index (χ2v) is 6.56. The van der Waals surface area contributed by atoms with Crippen molar-refractivity contribution in [3.63, 3.8) is 0 Å². The molecule has 1 aromatic rings. The van der Waals surface area contributed by atoms with Crippen molar-refractivity contribution in [3.05, 3.63) is 53.0 Å². The molecule has 0 saturated carbocycles. The third kappa shape index (κ3) is 4.75. The lowest BCUT2D eigenvalue weighted by molar-refractivity contribution is 0.684. The molecule has 0 aromatic heterocycles. The van der Waals surface area contributed by atoms with E-state index in [4.69, 9.17) is 0 Å². The molecule has 1 atom stereocenters. The first-order chi connectivity index (χ1) is 9.63. The third-order valence-corrected chi connectivity index (χ3v) is 5.05. The fourth-order valence-electron chi connectivity index (χ4n) is 2.19. The van der Waals surface area contributed by atoms with Crippen LogP contribution in [0.5, 0.6) is 0 Å². The van der Waals surface area contributed by atoms with Gasteiger partial charge in [-0.05, 0) is 44.7 Å². The molecule has 0 bridgehead atoms. The fourth-order valence-corrected chi connectivity index (χ4v) is 3.64. The molecule has 0 N–H and O–H groups in total. The number of hydrogen-bond donors (Lipinski definition) is 0. The lowest BCUT2D eigenvalue weighted by atomic mass is 10.1. The van der Waals surface area contributed by atoms with Gasteiger partial charge < -0.3 is 0 Å². The van der Waals surface area contributed by atoms with Gasteiger partial charge in [0.1, 0.15) is 0 Å². The summed E-state index contributed by atoms with van der Waals surface area (Å²) >= 11 is 0. The van der Waals surface area contributed by atoms with Gasteiger partial charge >= 0.3 is 0 Å². The lowest BCUT2D eigenvalue weighted by Gasteiger charge is -2.13. The molecule has 110 valence electrons. The van der Waals surface area contributed by atoms with Crippen molar-refractivity contribution in [2.75, 3.05) is 0 Å². The van der Waals surface area contributed by atoms with Crippen molar-refractivity contribution in [3.8, 4) is 0 Å². The van der Waals surface area contributed by atoms with Crippen LogP contribution in [0.4, 0.5) is 0 Å². The Kier molecular flexibility index (Phi) is 7.53. The quantitative estimate of drug-likeness (QED) is 0.575. The van der Waals surface area contributed by atoms with Crippen LogP contribution in [0.1, 0.15) is 51.5 Å². The Labute approximate surface area is 126 Å². The van der Waals surface area contributed by atoms with Crippen molar-refractivity contribution in [1.82, 2.24) is 0 Å². The van der Waals surface area contributed by atoms with Gasteiger partial charge in [0, 0.05) is 9.80 Å². The maximum absolute atomic E-state index is 12.8. The molecule has 0 aliphatic heterocycles. The topological polar surface area (TPSA) is 17.1 Å². The Morgan fingerprint density at radius 2 is 1.90 bits per heavy atom. The van der Waals surface area contributed by atoms with E-state index in [1.54, 1.807) is 0 Å². The number of allylic oxidation sites excluding steroid dienone is 3. The van der Waals surface area contributed by atoms with Crippen LogP contribution in [0.3, 0.4) is 0 Å². The highest BCUT2D eigenvalue weighted by Gasteiger charge is 2.13. The van der Waals surface area contributed by atoms with Gasteiger partial charge in [-0.2, -0.15) is 0 Å². The van der Waals surface area contributed by atoms with E-state index in [1.807, 2.05) is 37.3 Å². The molecule has 0 aliphatic carbocycles. The second kappa shape index (κ2) is 8.91. The molecule has 0 saturated heterocycles. The van der Waals surface area contributed by atoms with Gasteiger partial charge in [-0.25, -0.2) is 4.21 Å². The van der Waals surface area contributed by atoms with Crippen molar-refractivity contribution in [1.29, 1.82) is 0 Å². The average molecular weight is 290 g/mol. The SMILES string of the molecule is C=CC/C(=C(/CC)CCCC)S(=O)c1ccc(C)cc1. The summed E-state index contributed by atoms with van der Waals surface area (Å²) in [6.45, 7) is 10.2. The molecule has 1 rings (SSSR count). The average Bonchev–Trinajstić information content (AvgIpc) is 2.47. The Balaban J connectivity index is 3.10. The lowest BCUT2D eigenvalue weighted by Crippen LogP contribution is -2.01. The zero-order valence-corrected chi connectivity index (χ0v) is 13.8. The van der Waals surface area contributed by atoms with Gasteiger partial charge in [-0.3, -0.25) is 0 Å². The van der Waals surface area contributed by atoms with Crippen LogP contribution in [0, 0.1) is 6.92 Å². The van der Waals surface area contributed by atoms with Gasteiger partial charge in [0.25, 0.3) is 0 Å². The molecular formula is C18H26OS. The first kappa shape index (κ1) is 16.9. The van der Waals surface area contributed by atoms with Gasteiger partial charge in [0.2, 0.25) is 0 Å². The van der Waals surface area contributed by atoms with E-state index in [0.717, 1.165) is 29.1 Å². The molecule has 1 nitrogen and oxygen atoms in total. The summed E-state index contributed by atoms with van der Waals surface area (Å²) in [4.78, 5) is 1.95. The minimum atomic E-state index is -1.05. The number of unbranched alkanes of at least 4 members (excludes halogenated alkanes) is 1.